The van der Waals surface area contributed by atoms with Gasteiger partial charge in [-0.3, -0.25) is 4.79 Å². The largest absolute Gasteiger partial charge is 0.480 e. The number of carbonyl (C=O) groups is 2. The Bertz CT molecular complexity index is 476. The molecule has 1 atom stereocenters. The van der Waals surface area contributed by atoms with E-state index in [0.717, 1.165) is 12.0 Å². The molecule has 1 aromatic carbocycles. The average Bonchev–Trinajstić information content (AvgIpc) is 2.52. The van der Waals surface area contributed by atoms with Gasteiger partial charge in [0, 0.05) is 6.54 Å². The summed E-state index contributed by atoms with van der Waals surface area (Å²) in [6, 6.07) is 8.92. The number of rotatable bonds is 6. The number of benzene rings is 1. The zero-order chi connectivity index (χ0) is 15.1. The molecule has 1 aromatic rings. The fourth-order valence-electron chi connectivity index (χ4n) is 2.18. The minimum atomic E-state index is -1.05. The van der Waals surface area contributed by atoms with E-state index in [1.807, 2.05) is 30.3 Å². The number of hydrogen-bond acceptors (Lipinski definition) is 4. The number of aliphatic carboxylic acids is 1. The molecular weight excluding hydrogens is 274 g/mol. The van der Waals surface area contributed by atoms with E-state index in [-0.39, 0.29) is 25.7 Å². The smallest absolute Gasteiger partial charge is 0.328 e. The van der Waals surface area contributed by atoms with Crippen LogP contribution >= 0.6 is 0 Å². The molecule has 0 saturated carbocycles. The van der Waals surface area contributed by atoms with Gasteiger partial charge >= 0.3 is 5.97 Å². The SMILES string of the molecule is O=C(O)C1COCCN1C(=O)COCCc1ccccc1. The molecule has 1 saturated heterocycles. The molecule has 0 radical (unpaired) electrons. The molecule has 1 aliphatic rings. The second-order valence-corrected chi connectivity index (χ2v) is 4.80. The molecule has 114 valence electrons. The van der Waals surface area contributed by atoms with E-state index < -0.39 is 12.0 Å². The minimum absolute atomic E-state index is 0.0328. The number of hydrogen-bond donors (Lipinski definition) is 1. The minimum Gasteiger partial charge on any atom is -0.480 e. The van der Waals surface area contributed by atoms with E-state index >= 15 is 0 Å². The third-order valence-electron chi connectivity index (χ3n) is 3.34. The maximum absolute atomic E-state index is 12.0. The van der Waals surface area contributed by atoms with Crippen LogP contribution in [0.3, 0.4) is 0 Å². The third kappa shape index (κ3) is 4.54. The quantitative estimate of drug-likeness (QED) is 0.776. The molecule has 21 heavy (non-hydrogen) atoms. The zero-order valence-corrected chi connectivity index (χ0v) is 11.7. The molecule has 1 N–H and O–H groups in total. The average molecular weight is 293 g/mol. The van der Waals surface area contributed by atoms with Crippen LogP contribution in [-0.2, 0) is 25.5 Å². The summed E-state index contributed by atoms with van der Waals surface area (Å²) in [5.74, 6) is -1.36. The Labute approximate surface area is 123 Å². The van der Waals surface area contributed by atoms with E-state index in [1.54, 1.807) is 0 Å². The summed E-state index contributed by atoms with van der Waals surface area (Å²) in [4.78, 5) is 24.4. The first-order chi connectivity index (χ1) is 10.2. The summed E-state index contributed by atoms with van der Waals surface area (Å²) in [6.45, 7) is 1.01. The third-order valence-corrected chi connectivity index (χ3v) is 3.34. The van der Waals surface area contributed by atoms with Crippen LogP contribution in [0.25, 0.3) is 0 Å². The Morgan fingerprint density at radius 2 is 2.10 bits per heavy atom. The highest BCUT2D eigenvalue weighted by atomic mass is 16.5. The predicted octanol–water partition coefficient (Wildman–Crippen LogP) is 0.558. The number of carboxylic acid groups (broad SMARTS) is 1. The van der Waals surface area contributed by atoms with Crippen LogP contribution in [-0.4, -0.2) is 60.9 Å². The summed E-state index contributed by atoms with van der Waals surface area (Å²) in [6.07, 6.45) is 0.722. The van der Waals surface area contributed by atoms with Gasteiger partial charge in [-0.05, 0) is 12.0 Å². The topological polar surface area (TPSA) is 76.1 Å². The first-order valence-electron chi connectivity index (χ1n) is 6.90. The lowest BCUT2D eigenvalue weighted by atomic mass is 10.2. The van der Waals surface area contributed by atoms with E-state index in [9.17, 15) is 9.59 Å². The molecule has 0 aromatic heterocycles. The highest BCUT2D eigenvalue weighted by Gasteiger charge is 2.32. The maximum Gasteiger partial charge on any atom is 0.328 e. The van der Waals surface area contributed by atoms with Crippen LogP contribution < -0.4 is 0 Å². The van der Waals surface area contributed by atoms with Crippen LogP contribution in [0.4, 0.5) is 0 Å². The number of carbonyl (C=O) groups excluding carboxylic acids is 1. The zero-order valence-electron chi connectivity index (χ0n) is 11.7. The van der Waals surface area contributed by atoms with Crippen molar-refractivity contribution in [2.45, 2.75) is 12.5 Å². The Hall–Kier alpha value is -1.92. The number of ether oxygens (including phenoxy) is 2. The summed E-state index contributed by atoms with van der Waals surface area (Å²) >= 11 is 0. The van der Waals surface area contributed by atoms with Gasteiger partial charge in [-0.25, -0.2) is 4.79 Å². The molecule has 1 aliphatic heterocycles. The lowest BCUT2D eigenvalue weighted by Crippen LogP contribution is -2.53. The summed E-state index contributed by atoms with van der Waals surface area (Å²) in [5.41, 5.74) is 1.14. The van der Waals surface area contributed by atoms with Crippen molar-refractivity contribution in [1.29, 1.82) is 0 Å². The van der Waals surface area contributed by atoms with Crippen LogP contribution in [0.15, 0.2) is 30.3 Å². The molecule has 0 spiro atoms. The molecule has 6 nitrogen and oxygen atoms in total. The Balaban J connectivity index is 1.74. The van der Waals surface area contributed by atoms with Crippen LogP contribution in [0.5, 0.6) is 0 Å². The molecule has 2 rings (SSSR count). The van der Waals surface area contributed by atoms with Gasteiger partial charge in [0.15, 0.2) is 6.04 Å². The summed E-state index contributed by atoms with van der Waals surface area (Å²) in [7, 11) is 0. The fraction of sp³-hybridized carbons (Fsp3) is 0.467. The van der Waals surface area contributed by atoms with Gasteiger partial charge in [0.05, 0.1) is 19.8 Å². The normalized spacial score (nSPS) is 18.5. The first kappa shape index (κ1) is 15.5. The van der Waals surface area contributed by atoms with Gasteiger partial charge in [-0.2, -0.15) is 0 Å². The van der Waals surface area contributed by atoms with Gasteiger partial charge in [-0.15, -0.1) is 0 Å². The van der Waals surface area contributed by atoms with E-state index in [4.69, 9.17) is 14.6 Å². The Morgan fingerprint density at radius 1 is 1.33 bits per heavy atom. The van der Waals surface area contributed by atoms with Crippen molar-refractivity contribution < 1.29 is 24.2 Å². The number of morpholine rings is 1. The van der Waals surface area contributed by atoms with Gasteiger partial charge in [0.1, 0.15) is 6.61 Å². The van der Waals surface area contributed by atoms with Gasteiger partial charge in [0.25, 0.3) is 0 Å². The molecule has 1 fully saturated rings. The van der Waals surface area contributed by atoms with Gasteiger partial charge < -0.3 is 19.5 Å². The number of amides is 1. The van der Waals surface area contributed by atoms with E-state index in [2.05, 4.69) is 0 Å². The monoisotopic (exact) mass is 293 g/mol. The van der Waals surface area contributed by atoms with Crippen molar-refractivity contribution in [3.63, 3.8) is 0 Å². The Morgan fingerprint density at radius 3 is 2.81 bits per heavy atom. The van der Waals surface area contributed by atoms with Crippen molar-refractivity contribution in [2.24, 2.45) is 0 Å². The van der Waals surface area contributed by atoms with Crippen molar-refractivity contribution in [2.75, 3.05) is 33.0 Å². The Kier molecular flexibility index (Phi) is 5.71. The molecule has 1 heterocycles. The molecule has 1 amide bonds. The second-order valence-electron chi connectivity index (χ2n) is 4.80. The summed E-state index contributed by atoms with van der Waals surface area (Å²) in [5, 5.41) is 9.06. The molecule has 1 unspecified atom stereocenters. The second kappa shape index (κ2) is 7.75. The van der Waals surface area contributed by atoms with Crippen molar-refractivity contribution in [3.8, 4) is 0 Å². The first-order valence-corrected chi connectivity index (χ1v) is 6.90. The highest BCUT2D eigenvalue weighted by Crippen LogP contribution is 2.08. The van der Waals surface area contributed by atoms with Crippen molar-refractivity contribution >= 4 is 11.9 Å². The van der Waals surface area contributed by atoms with Gasteiger partial charge in [-0.1, -0.05) is 30.3 Å². The number of nitrogens with zero attached hydrogens (tertiary/aromatic N) is 1. The van der Waals surface area contributed by atoms with Crippen LogP contribution in [0.1, 0.15) is 5.56 Å². The maximum atomic E-state index is 12.0. The summed E-state index contributed by atoms with van der Waals surface area (Å²) < 4.78 is 10.4. The molecular formula is C15H19NO5. The van der Waals surface area contributed by atoms with Crippen LogP contribution in [0, 0.1) is 0 Å². The van der Waals surface area contributed by atoms with Crippen molar-refractivity contribution in [1.82, 2.24) is 4.90 Å². The predicted molar refractivity (Wildman–Crippen MR) is 74.9 cm³/mol. The highest BCUT2D eigenvalue weighted by molar-refractivity contribution is 5.84. The lowest BCUT2D eigenvalue weighted by molar-refractivity contribution is -0.160. The number of carboxylic acids is 1. The molecule has 6 heteroatoms. The van der Waals surface area contributed by atoms with E-state index in [0.29, 0.717) is 13.2 Å². The van der Waals surface area contributed by atoms with E-state index in [1.165, 1.54) is 4.90 Å². The van der Waals surface area contributed by atoms with Crippen molar-refractivity contribution in [3.05, 3.63) is 35.9 Å². The molecule has 0 aliphatic carbocycles. The fourth-order valence-corrected chi connectivity index (χ4v) is 2.18. The van der Waals surface area contributed by atoms with Gasteiger partial charge in [0.2, 0.25) is 5.91 Å². The molecule has 0 bridgehead atoms. The van der Waals surface area contributed by atoms with Crippen LogP contribution in [0.2, 0.25) is 0 Å². The standard InChI is InChI=1S/C15H19NO5/c17-14(16-7-9-21-10-13(16)15(18)19)11-20-8-6-12-4-2-1-3-5-12/h1-5,13H,6-11H2,(H,18,19). The lowest BCUT2D eigenvalue weighted by Gasteiger charge is -2.32.